The van der Waals surface area contributed by atoms with Crippen LogP contribution in [-0.4, -0.2) is 37.0 Å². The van der Waals surface area contributed by atoms with Gasteiger partial charge in [0.2, 0.25) is 5.91 Å². The van der Waals surface area contributed by atoms with Crippen molar-refractivity contribution in [3.05, 3.63) is 35.6 Å². The predicted molar refractivity (Wildman–Crippen MR) is 80.7 cm³/mol. The van der Waals surface area contributed by atoms with E-state index in [9.17, 15) is 9.18 Å². The van der Waals surface area contributed by atoms with E-state index in [1.807, 2.05) is 27.0 Å². The van der Waals surface area contributed by atoms with Crippen LogP contribution in [0.4, 0.5) is 4.39 Å². The Hall–Kier alpha value is -1.13. The summed E-state index contributed by atoms with van der Waals surface area (Å²) in [7, 11) is 1.83. The molecule has 1 aliphatic rings. The maximum Gasteiger partial charge on any atom is 0.232 e. The minimum atomic E-state index is -0.709. The second-order valence-corrected chi connectivity index (χ2v) is 5.70. The lowest BCUT2D eigenvalue weighted by Crippen LogP contribution is -2.47. The zero-order valence-electron chi connectivity index (χ0n) is 12.1. The maximum atomic E-state index is 13.3. The molecule has 1 unspecified atom stereocenters. The van der Waals surface area contributed by atoms with Crippen LogP contribution in [0.3, 0.4) is 0 Å². The minimum absolute atomic E-state index is 0. The van der Waals surface area contributed by atoms with E-state index in [2.05, 4.69) is 5.32 Å². The van der Waals surface area contributed by atoms with Gasteiger partial charge in [0, 0.05) is 19.6 Å². The topological polar surface area (TPSA) is 32.3 Å². The second kappa shape index (κ2) is 6.55. The summed E-state index contributed by atoms with van der Waals surface area (Å²) in [5.74, 6) is -0.268. The Morgan fingerprint density at radius 3 is 2.70 bits per heavy atom. The van der Waals surface area contributed by atoms with Crippen molar-refractivity contribution in [3.8, 4) is 0 Å². The average molecular weight is 301 g/mol. The van der Waals surface area contributed by atoms with Crippen LogP contribution in [0.5, 0.6) is 0 Å². The van der Waals surface area contributed by atoms with Crippen LogP contribution in [0.25, 0.3) is 0 Å². The first-order valence-corrected chi connectivity index (χ1v) is 6.67. The number of nitrogens with one attached hydrogen (secondary N) is 1. The summed E-state index contributed by atoms with van der Waals surface area (Å²) in [6, 6.07) is 6.53. The number of carbonyl (C=O) groups is 1. The predicted octanol–water partition coefficient (Wildman–Crippen LogP) is 2.35. The highest BCUT2D eigenvalue weighted by Gasteiger charge is 2.35. The summed E-state index contributed by atoms with van der Waals surface area (Å²) in [5.41, 5.74) is 0.00899. The molecule has 1 aromatic carbocycles. The Labute approximate surface area is 125 Å². The van der Waals surface area contributed by atoms with Crippen LogP contribution >= 0.6 is 12.4 Å². The van der Waals surface area contributed by atoms with Gasteiger partial charge in [-0.25, -0.2) is 4.39 Å². The molecule has 1 heterocycles. The van der Waals surface area contributed by atoms with Gasteiger partial charge in [-0.1, -0.05) is 12.1 Å². The first-order valence-electron chi connectivity index (χ1n) is 6.67. The van der Waals surface area contributed by atoms with Gasteiger partial charge in [0.25, 0.3) is 0 Å². The summed E-state index contributed by atoms with van der Waals surface area (Å²) >= 11 is 0. The van der Waals surface area contributed by atoms with Gasteiger partial charge in [-0.2, -0.15) is 0 Å². The molecule has 3 nitrogen and oxygen atoms in total. The molecule has 0 spiro atoms. The molecule has 1 aromatic rings. The van der Waals surface area contributed by atoms with Crippen LogP contribution in [0.15, 0.2) is 24.3 Å². The SMILES string of the molecule is CN(C(=O)C(C)(C)c1cccc(F)c1)C1CCNC1.Cl. The van der Waals surface area contributed by atoms with Crippen molar-refractivity contribution in [3.63, 3.8) is 0 Å². The average Bonchev–Trinajstić information content (AvgIpc) is 2.90. The zero-order valence-corrected chi connectivity index (χ0v) is 13.0. The molecule has 1 aliphatic heterocycles. The summed E-state index contributed by atoms with van der Waals surface area (Å²) in [6.07, 6.45) is 0.974. The fourth-order valence-electron chi connectivity index (χ4n) is 2.58. The molecule has 0 aromatic heterocycles. The minimum Gasteiger partial charge on any atom is -0.341 e. The molecule has 0 bridgehead atoms. The molecule has 112 valence electrons. The molecule has 1 fully saturated rings. The lowest BCUT2D eigenvalue weighted by Gasteiger charge is -2.33. The smallest absolute Gasteiger partial charge is 0.232 e. The summed E-state index contributed by atoms with van der Waals surface area (Å²) < 4.78 is 13.3. The fourth-order valence-corrected chi connectivity index (χ4v) is 2.58. The highest BCUT2D eigenvalue weighted by molar-refractivity contribution is 5.87. The van der Waals surface area contributed by atoms with Crippen LogP contribution in [0.1, 0.15) is 25.8 Å². The van der Waals surface area contributed by atoms with Crippen LogP contribution in [0.2, 0.25) is 0 Å². The van der Waals surface area contributed by atoms with E-state index < -0.39 is 5.41 Å². The van der Waals surface area contributed by atoms with Crippen molar-refractivity contribution >= 4 is 18.3 Å². The van der Waals surface area contributed by atoms with E-state index in [1.165, 1.54) is 12.1 Å². The van der Waals surface area contributed by atoms with E-state index in [-0.39, 0.29) is 30.2 Å². The Morgan fingerprint density at radius 1 is 1.45 bits per heavy atom. The molecule has 0 saturated carbocycles. The maximum absolute atomic E-state index is 13.3. The van der Waals surface area contributed by atoms with Crippen LogP contribution in [-0.2, 0) is 10.2 Å². The van der Waals surface area contributed by atoms with Gasteiger partial charge in [-0.05, 0) is 44.5 Å². The van der Waals surface area contributed by atoms with Gasteiger partial charge in [0.1, 0.15) is 5.82 Å². The number of nitrogens with zero attached hydrogens (tertiary/aromatic N) is 1. The van der Waals surface area contributed by atoms with Crippen molar-refractivity contribution < 1.29 is 9.18 Å². The number of hydrogen-bond donors (Lipinski definition) is 1. The summed E-state index contributed by atoms with van der Waals surface area (Å²) in [4.78, 5) is 14.4. The molecule has 1 saturated heterocycles. The van der Waals surface area contributed by atoms with Gasteiger partial charge >= 0.3 is 0 Å². The number of likely N-dealkylation sites (N-methyl/N-ethyl adjacent to an activating group) is 1. The first kappa shape index (κ1) is 16.9. The third kappa shape index (κ3) is 3.30. The Balaban J connectivity index is 0.00000200. The lowest BCUT2D eigenvalue weighted by atomic mass is 9.83. The van der Waals surface area contributed by atoms with Crippen LogP contribution in [0, 0.1) is 5.82 Å². The van der Waals surface area contributed by atoms with E-state index in [1.54, 1.807) is 11.0 Å². The monoisotopic (exact) mass is 300 g/mol. The summed E-state index contributed by atoms with van der Waals surface area (Å²) in [5, 5.41) is 3.25. The van der Waals surface area contributed by atoms with Gasteiger partial charge in [0.15, 0.2) is 0 Å². The molecule has 0 radical (unpaired) electrons. The van der Waals surface area contributed by atoms with Crippen molar-refractivity contribution in [2.45, 2.75) is 31.7 Å². The third-order valence-corrected chi connectivity index (χ3v) is 3.98. The lowest BCUT2D eigenvalue weighted by molar-refractivity contribution is -0.136. The Bertz CT molecular complexity index is 473. The quantitative estimate of drug-likeness (QED) is 0.929. The Morgan fingerprint density at radius 2 is 2.15 bits per heavy atom. The molecule has 5 heteroatoms. The number of benzene rings is 1. The Kier molecular flexibility index (Phi) is 5.54. The van der Waals surface area contributed by atoms with Gasteiger partial charge in [-0.15, -0.1) is 12.4 Å². The van der Waals surface area contributed by atoms with Crippen LogP contribution < -0.4 is 5.32 Å². The van der Waals surface area contributed by atoms with Gasteiger partial charge in [-0.3, -0.25) is 4.79 Å². The van der Waals surface area contributed by atoms with Crippen molar-refractivity contribution in [2.75, 3.05) is 20.1 Å². The molecule has 1 amide bonds. The highest BCUT2D eigenvalue weighted by Crippen LogP contribution is 2.27. The largest absolute Gasteiger partial charge is 0.341 e. The molecule has 20 heavy (non-hydrogen) atoms. The third-order valence-electron chi connectivity index (χ3n) is 3.98. The first-order chi connectivity index (χ1) is 8.93. The van der Waals surface area contributed by atoms with Crippen molar-refractivity contribution in [2.24, 2.45) is 0 Å². The molecule has 0 aliphatic carbocycles. The summed E-state index contributed by atoms with van der Waals surface area (Å²) in [6.45, 7) is 5.48. The zero-order chi connectivity index (χ0) is 14.0. The molecular formula is C15H22ClFN2O. The molecule has 1 atom stereocenters. The van der Waals surface area contributed by atoms with E-state index in [0.29, 0.717) is 0 Å². The highest BCUT2D eigenvalue weighted by atomic mass is 35.5. The number of rotatable bonds is 3. The van der Waals surface area contributed by atoms with E-state index >= 15 is 0 Å². The fraction of sp³-hybridized carbons (Fsp3) is 0.533. The number of halogens is 2. The normalized spacial score (nSPS) is 18.5. The van der Waals surface area contributed by atoms with Gasteiger partial charge < -0.3 is 10.2 Å². The standard InChI is InChI=1S/C15H21FN2O.ClH/c1-15(2,11-5-4-6-12(16)9-11)14(19)18(3)13-7-8-17-10-13;/h4-6,9,13,17H,7-8,10H2,1-3H3;1H. The van der Waals surface area contributed by atoms with Crippen molar-refractivity contribution in [1.82, 2.24) is 10.2 Å². The van der Waals surface area contributed by atoms with Gasteiger partial charge in [0.05, 0.1) is 5.41 Å². The second-order valence-electron chi connectivity index (χ2n) is 5.70. The van der Waals surface area contributed by atoms with E-state index in [4.69, 9.17) is 0 Å². The molecule has 2 rings (SSSR count). The molecular weight excluding hydrogens is 279 g/mol. The van der Waals surface area contributed by atoms with E-state index in [0.717, 1.165) is 25.1 Å². The van der Waals surface area contributed by atoms with Crippen molar-refractivity contribution in [1.29, 1.82) is 0 Å². The molecule has 1 N–H and O–H groups in total. The number of hydrogen-bond acceptors (Lipinski definition) is 2. The number of amides is 1. The number of carbonyl (C=O) groups excluding carboxylic acids is 1.